The lowest BCUT2D eigenvalue weighted by Crippen LogP contribution is -2.51. The zero-order chi connectivity index (χ0) is 14.2. The van der Waals surface area contributed by atoms with Gasteiger partial charge in [-0.05, 0) is 37.6 Å². The smallest absolute Gasteiger partial charge is 0.162 e. The molecule has 3 rings (SSSR count). The second-order valence-corrected chi connectivity index (χ2v) is 6.16. The molecule has 110 valence electrons. The van der Waals surface area contributed by atoms with Crippen LogP contribution in [0.4, 0.5) is 0 Å². The molecule has 2 aliphatic rings. The van der Waals surface area contributed by atoms with E-state index in [2.05, 4.69) is 24.1 Å². The van der Waals surface area contributed by atoms with Gasteiger partial charge in [0, 0.05) is 25.0 Å². The van der Waals surface area contributed by atoms with E-state index >= 15 is 0 Å². The van der Waals surface area contributed by atoms with Crippen molar-refractivity contribution in [1.82, 2.24) is 4.90 Å². The summed E-state index contributed by atoms with van der Waals surface area (Å²) < 4.78 is 11.5. The number of methoxy groups -OCH3 is 1. The van der Waals surface area contributed by atoms with Gasteiger partial charge < -0.3 is 15.2 Å². The Hall–Kier alpha value is -1.26. The average Bonchev–Trinajstić information content (AvgIpc) is 2.37. The van der Waals surface area contributed by atoms with Gasteiger partial charge >= 0.3 is 0 Å². The van der Waals surface area contributed by atoms with Crippen LogP contribution in [-0.2, 0) is 5.41 Å². The summed E-state index contributed by atoms with van der Waals surface area (Å²) in [6.45, 7) is 2.68. The van der Waals surface area contributed by atoms with Crippen LogP contribution in [0.5, 0.6) is 11.5 Å². The topological polar surface area (TPSA) is 47.7 Å². The first-order chi connectivity index (χ1) is 9.66. The maximum Gasteiger partial charge on any atom is 0.162 e. The van der Waals surface area contributed by atoms with E-state index in [4.69, 9.17) is 15.2 Å². The van der Waals surface area contributed by atoms with Crippen molar-refractivity contribution in [1.29, 1.82) is 0 Å². The lowest BCUT2D eigenvalue weighted by molar-refractivity contribution is 0.0367. The molecule has 1 saturated heterocycles. The maximum atomic E-state index is 6.08. The van der Waals surface area contributed by atoms with Gasteiger partial charge in [0.2, 0.25) is 0 Å². The first-order valence-corrected chi connectivity index (χ1v) is 7.41. The summed E-state index contributed by atoms with van der Waals surface area (Å²) >= 11 is 0. The quantitative estimate of drug-likeness (QED) is 0.890. The van der Waals surface area contributed by atoms with Crippen molar-refractivity contribution in [3.05, 3.63) is 23.8 Å². The van der Waals surface area contributed by atoms with E-state index in [1.165, 1.54) is 24.8 Å². The van der Waals surface area contributed by atoms with Crippen molar-refractivity contribution in [3.63, 3.8) is 0 Å². The van der Waals surface area contributed by atoms with Gasteiger partial charge in [0.05, 0.1) is 7.11 Å². The Morgan fingerprint density at radius 1 is 1.30 bits per heavy atom. The third kappa shape index (κ3) is 2.27. The molecule has 2 N–H and O–H groups in total. The van der Waals surface area contributed by atoms with Crippen molar-refractivity contribution in [3.8, 4) is 11.5 Å². The molecule has 0 aromatic heterocycles. The minimum Gasteiger partial charge on any atom is -0.493 e. The molecule has 1 aliphatic heterocycles. The van der Waals surface area contributed by atoms with Crippen molar-refractivity contribution >= 4 is 0 Å². The SMILES string of the molecule is COc1ccc(C2(CN)CCC2)cc1OC1CN(C)C1. The molecule has 20 heavy (non-hydrogen) atoms. The zero-order valence-corrected chi connectivity index (χ0v) is 12.4. The lowest BCUT2D eigenvalue weighted by atomic mass is 9.64. The molecule has 0 atom stereocenters. The number of likely N-dealkylation sites (N-methyl/N-ethyl adjacent to an activating group) is 1. The Morgan fingerprint density at radius 2 is 2.05 bits per heavy atom. The van der Waals surface area contributed by atoms with Crippen LogP contribution in [-0.4, -0.2) is 44.8 Å². The molecule has 1 heterocycles. The number of ether oxygens (including phenoxy) is 2. The lowest BCUT2D eigenvalue weighted by Gasteiger charge is -2.42. The summed E-state index contributed by atoms with van der Waals surface area (Å²) in [5.74, 6) is 1.68. The Morgan fingerprint density at radius 3 is 2.55 bits per heavy atom. The average molecular weight is 276 g/mol. The highest BCUT2D eigenvalue weighted by atomic mass is 16.5. The molecule has 4 heteroatoms. The summed E-state index contributed by atoms with van der Waals surface area (Å²) in [5.41, 5.74) is 7.47. The van der Waals surface area contributed by atoms with Crippen LogP contribution in [0.2, 0.25) is 0 Å². The molecule has 0 spiro atoms. The summed E-state index contributed by atoms with van der Waals surface area (Å²) in [6.07, 6.45) is 3.91. The molecule has 1 aromatic rings. The molecule has 1 aromatic carbocycles. The normalized spacial score (nSPS) is 21.9. The number of nitrogens with two attached hydrogens (primary N) is 1. The third-order valence-electron chi connectivity index (χ3n) is 4.80. The number of benzene rings is 1. The fourth-order valence-electron chi connectivity index (χ4n) is 3.21. The van der Waals surface area contributed by atoms with Gasteiger partial charge in [0.15, 0.2) is 11.5 Å². The minimum absolute atomic E-state index is 0.167. The highest BCUT2D eigenvalue weighted by Gasteiger charge is 2.38. The highest BCUT2D eigenvalue weighted by molar-refractivity contribution is 5.46. The number of likely N-dealkylation sites (tertiary alicyclic amines) is 1. The molecular formula is C16H24N2O2. The zero-order valence-electron chi connectivity index (χ0n) is 12.4. The molecular weight excluding hydrogens is 252 g/mol. The van der Waals surface area contributed by atoms with Crippen LogP contribution < -0.4 is 15.2 Å². The van der Waals surface area contributed by atoms with Crippen molar-refractivity contribution in [2.75, 3.05) is 33.8 Å². The Bertz CT molecular complexity index is 474. The van der Waals surface area contributed by atoms with Crippen LogP contribution >= 0.6 is 0 Å². The fraction of sp³-hybridized carbons (Fsp3) is 0.625. The van der Waals surface area contributed by atoms with E-state index in [0.29, 0.717) is 6.54 Å². The predicted octanol–water partition coefficient (Wildman–Crippen LogP) is 1.77. The molecule has 1 saturated carbocycles. The fourth-order valence-corrected chi connectivity index (χ4v) is 3.21. The van der Waals surface area contributed by atoms with E-state index in [1.807, 2.05) is 6.07 Å². The molecule has 0 amide bonds. The maximum absolute atomic E-state index is 6.08. The highest BCUT2D eigenvalue weighted by Crippen LogP contribution is 2.45. The molecule has 0 bridgehead atoms. The number of rotatable bonds is 5. The second-order valence-electron chi connectivity index (χ2n) is 6.16. The van der Waals surface area contributed by atoms with E-state index in [-0.39, 0.29) is 11.5 Å². The van der Waals surface area contributed by atoms with Gasteiger partial charge in [-0.1, -0.05) is 12.5 Å². The van der Waals surface area contributed by atoms with Crippen LogP contribution in [0.3, 0.4) is 0 Å². The van der Waals surface area contributed by atoms with Crippen LogP contribution in [0.25, 0.3) is 0 Å². The van der Waals surface area contributed by atoms with E-state index in [1.54, 1.807) is 7.11 Å². The Balaban J connectivity index is 1.83. The minimum atomic E-state index is 0.167. The number of hydrogen-bond donors (Lipinski definition) is 1. The molecule has 2 fully saturated rings. The molecule has 0 radical (unpaired) electrons. The molecule has 0 unspecified atom stereocenters. The van der Waals surface area contributed by atoms with Gasteiger partial charge in [-0.25, -0.2) is 0 Å². The van der Waals surface area contributed by atoms with Gasteiger partial charge in [-0.2, -0.15) is 0 Å². The summed E-state index contributed by atoms with van der Waals surface area (Å²) in [5, 5.41) is 0. The summed E-state index contributed by atoms with van der Waals surface area (Å²) in [6, 6.07) is 6.30. The standard InChI is InChI=1S/C16H24N2O2/c1-18-9-13(10-18)20-15-8-12(4-5-14(15)19-2)16(11-17)6-3-7-16/h4-5,8,13H,3,6-7,9-11,17H2,1-2H3. The van der Waals surface area contributed by atoms with E-state index < -0.39 is 0 Å². The van der Waals surface area contributed by atoms with Crippen LogP contribution in [0.1, 0.15) is 24.8 Å². The monoisotopic (exact) mass is 276 g/mol. The van der Waals surface area contributed by atoms with Crippen molar-refractivity contribution in [2.45, 2.75) is 30.8 Å². The summed E-state index contributed by atoms with van der Waals surface area (Å²) in [7, 11) is 3.79. The first kappa shape index (κ1) is 13.7. The van der Waals surface area contributed by atoms with E-state index in [0.717, 1.165) is 24.6 Å². The summed E-state index contributed by atoms with van der Waals surface area (Å²) in [4.78, 5) is 2.24. The molecule has 1 aliphatic carbocycles. The van der Waals surface area contributed by atoms with Crippen molar-refractivity contribution in [2.24, 2.45) is 5.73 Å². The van der Waals surface area contributed by atoms with Gasteiger partial charge in [-0.3, -0.25) is 4.90 Å². The van der Waals surface area contributed by atoms with Gasteiger partial charge in [0.1, 0.15) is 6.10 Å². The van der Waals surface area contributed by atoms with Crippen molar-refractivity contribution < 1.29 is 9.47 Å². The number of hydrogen-bond acceptors (Lipinski definition) is 4. The van der Waals surface area contributed by atoms with Gasteiger partial charge in [-0.15, -0.1) is 0 Å². The predicted molar refractivity (Wildman–Crippen MR) is 79.5 cm³/mol. The number of nitrogens with zero attached hydrogens (tertiary/aromatic N) is 1. The van der Waals surface area contributed by atoms with Gasteiger partial charge in [0.25, 0.3) is 0 Å². The Kier molecular flexibility index (Phi) is 3.61. The van der Waals surface area contributed by atoms with Crippen LogP contribution in [0.15, 0.2) is 18.2 Å². The second kappa shape index (κ2) is 5.26. The third-order valence-corrected chi connectivity index (χ3v) is 4.80. The van der Waals surface area contributed by atoms with Crippen LogP contribution in [0, 0.1) is 0 Å². The Labute approximate surface area is 120 Å². The first-order valence-electron chi connectivity index (χ1n) is 7.41. The molecule has 4 nitrogen and oxygen atoms in total. The van der Waals surface area contributed by atoms with E-state index in [9.17, 15) is 0 Å². The largest absolute Gasteiger partial charge is 0.493 e.